The van der Waals surface area contributed by atoms with Crippen molar-refractivity contribution >= 4 is 23.4 Å². The van der Waals surface area contributed by atoms with Gasteiger partial charge in [0.15, 0.2) is 6.04 Å². The van der Waals surface area contributed by atoms with Gasteiger partial charge in [-0.1, -0.05) is 18.2 Å². The molecule has 128 valence electrons. The predicted octanol–water partition coefficient (Wildman–Crippen LogP) is 3.18. The summed E-state index contributed by atoms with van der Waals surface area (Å²) < 4.78 is 24.6. The third-order valence-corrected chi connectivity index (χ3v) is 5.07. The number of quaternary nitrogens is 1. The van der Waals surface area contributed by atoms with E-state index in [1.807, 2.05) is 6.92 Å². The van der Waals surface area contributed by atoms with E-state index in [-0.39, 0.29) is 11.9 Å². The van der Waals surface area contributed by atoms with Crippen LogP contribution in [0.15, 0.2) is 29.2 Å². The first kappa shape index (κ1) is 18.2. The molecule has 1 fully saturated rings. The maximum absolute atomic E-state index is 12.4. The van der Waals surface area contributed by atoms with Crippen molar-refractivity contribution in [2.75, 3.05) is 18.4 Å². The molecule has 0 bridgehead atoms. The van der Waals surface area contributed by atoms with Gasteiger partial charge in [-0.3, -0.25) is 4.79 Å². The Morgan fingerprint density at radius 1 is 1.09 bits per heavy atom. The predicted molar refractivity (Wildman–Crippen MR) is 90.2 cm³/mol. The Labute approximate surface area is 140 Å². The minimum Gasteiger partial charge on any atom is -0.325 e. The van der Waals surface area contributed by atoms with Gasteiger partial charge in [-0.05, 0) is 56.9 Å². The normalized spacial score (nSPS) is 18.3. The van der Waals surface area contributed by atoms with Crippen molar-refractivity contribution in [3.05, 3.63) is 24.3 Å². The van der Waals surface area contributed by atoms with Gasteiger partial charge in [-0.25, -0.2) is 0 Å². The SMILES string of the molecule is C[C@@H](C(=O)Nc1ccc(SC(F)F)cc1)[NH+]1CCCCCCC1. The minimum absolute atomic E-state index is 0.00478. The van der Waals surface area contributed by atoms with Crippen molar-refractivity contribution < 1.29 is 18.5 Å². The summed E-state index contributed by atoms with van der Waals surface area (Å²) in [5, 5.41) is 2.90. The van der Waals surface area contributed by atoms with Crippen LogP contribution >= 0.6 is 11.8 Å². The van der Waals surface area contributed by atoms with Crippen LogP contribution < -0.4 is 10.2 Å². The van der Waals surface area contributed by atoms with Crippen molar-refractivity contribution in [3.8, 4) is 0 Å². The lowest BCUT2D eigenvalue weighted by Crippen LogP contribution is -3.16. The Hall–Kier alpha value is -1.14. The molecule has 1 saturated heterocycles. The average molecular weight is 343 g/mol. The third-order valence-electron chi connectivity index (χ3n) is 4.35. The molecule has 1 aliphatic heterocycles. The van der Waals surface area contributed by atoms with E-state index in [2.05, 4.69) is 5.32 Å². The Morgan fingerprint density at radius 3 is 2.22 bits per heavy atom. The Kier molecular flexibility index (Phi) is 7.30. The number of nitrogens with one attached hydrogen (secondary N) is 2. The second kappa shape index (κ2) is 9.23. The molecular formula is C17H25F2N2OS+. The van der Waals surface area contributed by atoms with Gasteiger partial charge in [0, 0.05) is 10.6 Å². The molecule has 6 heteroatoms. The number of rotatable bonds is 5. The number of anilines is 1. The zero-order valence-corrected chi connectivity index (χ0v) is 14.3. The molecule has 0 aromatic heterocycles. The Bertz CT molecular complexity index is 488. The zero-order chi connectivity index (χ0) is 16.7. The maximum atomic E-state index is 12.4. The molecule has 0 radical (unpaired) electrons. The molecule has 1 heterocycles. The molecule has 0 spiro atoms. The van der Waals surface area contributed by atoms with Crippen LogP contribution in [0, 0.1) is 0 Å². The number of carbonyl (C=O) groups excluding carboxylic acids is 1. The number of hydrogen-bond acceptors (Lipinski definition) is 2. The van der Waals surface area contributed by atoms with Crippen LogP contribution in [0.2, 0.25) is 0 Å². The van der Waals surface area contributed by atoms with Crippen LogP contribution in [-0.4, -0.2) is 30.8 Å². The number of halogens is 2. The number of alkyl halides is 2. The van der Waals surface area contributed by atoms with Gasteiger partial charge >= 0.3 is 0 Å². The maximum Gasteiger partial charge on any atom is 0.288 e. The van der Waals surface area contributed by atoms with Crippen LogP contribution in [0.5, 0.6) is 0 Å². The summed E-state index contributed by atoms with van der Waals surface area (Å²) in [6.07, 6.45) is 6.15. The summed E-state index contributed by atoms with van der Waals surface area (Å²) in [7, 11) is 0. The van der Waals surface area contributed by atoms with Gasteiger partial charge in [0.05, 0.1) is 13.1 Å². The fourth-order valence-corrected chi connectivity index (χ4v) is 3.45. The lowest BCUT2D eigenvalue weighted by molar-refractivity contribution is -0.914. The molecule has 1 atom stereocenters. The van der Waals surface area contributed by atoms with Crippen molar-refractivity contribution in [1.29, 1.82) is 0 Å². The van der Waals surface area contributed by atoms with Gasteiger partial charge in [0.1, 0.15) is 0 Å². The monoisotopic (exact) mass is 343 g/mol. The quantitative estimate of drug-likeness (QED) is 0.805. The number of likely N-dealkylation sites (tertiary alicyclic amines) is 1. The van der Waals surface area contributed by atoms with Gasteiger partial charge in [-0.2, -0.15) is 8.78 Å². The summed E-state index contributed by atoms with van der Waals surface area (Å²) >= 11 is 0.509. The van der Waals surface area contributed by atoms with E-state index in [4.69, 9.17) is 0 Å². The third kappa shape index (κ3) is 6.11. The molecule has 1 aromatic rings. The number of thioether (sulfide) groups is 1. The van der Waals surface area contributed by atoms with E-state index in [1.54, 1.807) is 24.3 Å². The molecule has 3 nitrogen and oxygen atoms in total. The average Bonchev–Trinajstić information content (AvgIpc) is 2.48. The van der Waals surface area contributed by atoms with E-state index < -0.39 is 5.76 Å². The molecule has 2 N–H and O–H groups in total. The van der Waals surface area contributed by atoms with Crippen LogP contribution in [0.4, 0.5) is 14.5 Å². The molecule has 0 unspecified atom stereocenters. The van der Waals surface area contributed by atoms with Crippen LogP contribution in [0.25, 0.3) is 0 Å². The zero-order valence-electron chi connectivity index (χ0n) is 13.5. The van der Waals surface area contributed by atoms with E-state index >= 15 is 0 Å². The highest BCUT2D eigenvalue weighted by atomic mass is 32.2. The highest BCUT2D eigenvalue weighted by Gasteiger charge is 2.25. The molecular weight excluding hydrogens is 318 g/mol. The van der Waals surface area contributed by atoms with Gasteiger partial charge in [0.2, 0.25) is 0 Å². The smallest absolute Gasteiger partial charge is 0.288 e. The first-order valence-corrected chi connectivity index (χ1v) is 9.14. The van der Waals surface area contributed by atoms with E-state index in [0.29, 0.717) is 22.3 Å². The van der Waals surface area contributed by atoms with E-state index in [0.717, 1.165) is 13.1 Å². The fraction of sp³-hybridized carbons (Fsp3) is 0.588. The topological polar surface area (TPSA) is 33.5 Å². The van der Waals surface area contributed by atoms with Crippen molar-refractivity contribution in [2.45, 2.75) is 55.7 Å². The van der Waals surface area contributed by atoms with E-state index in [9.17, 15) is 13.6 Å². The van der Waals surface area contributed by atoms with Crippen molar-refractivity contribution in [2.24, 2.45) is 0 Å². The molecule has 1 amide bonds. The highest BCUT2D eigenvalue weighted by Crippen LogP contribution is 2.26. The Morgan fingerprint density at radius 2 is 1.65 bits per heavy atom. The first-order valence-electron chi connectivity index (χ1n) is 8.26. The minimum atomic E-state index is -2.42. The summed E-state index contributed by atoms with van der Waals surface area (Å²) in [6, 6.07) is 6.49. The number of amides is 1. The Balaban J connectivity index is 1.89. The summed E-state index contributed by atoms with van der Waals surface area (Å²) in [6.45, 7) is 4.05. The van der Waals surface area contributed by atoms with Crippen molar-refractivity contribution in [3.63, 3.8) is 0 Å². The molecule has 0 saturated carbocycles. The summed E-state index contributed by atoms with van der Waals surface area (Å²) in [5.41, 5.74) is 0.659. The second-order valence-corrected chi connectivity index (χ2v) is 7.10. The van der Waals surface area contributed by atoms with Crippen LogP contribution in [0.3, 0.4) is 0 Å². The standard InChI is InChI=1S/C17H24F2N2OS/c1-13(21-11-5-3-2-4-6-12-21)16(22)20-14-7-9-15(10-8-14)23-17(18)19/h7-10,13,17H,2-6,11-12H2,1H3,(H,20,22)/p+1/t13-/m0/s1. The molecule has 1 aliphatic rings. The fourth-order valence-electron chi connectivity index (χ4n) is 2.95. The summed E-state index contributed by atoms with van der Waals surface area (Å²) in [5.74, 6) is -2.43. The van der Waals surface area contributed by atoms with Crippen LogP contribution in [0.1, 0.15) is 39.0 Å². The number of benzene rings is 1. The highest BCUT2D eigenvalue weighted by molar-refractivity contribution is 7.99. The first-order chi connectivity index (χ1) is 11.1. The van der Waals surface area contributed by atoms with E-state index in [1.165, 1.54) is 37.0 Å². The number of carbonyl (C=O) groups is 1. The molecule has 0 aliphatic carbocycles. The van der Waals surface area contributed by atoms with Gasteiger partial charge in [-0.15, -0.1) is 0 Å². The van der Waals surface area contributed by atoms with Gasteiger partial charge < -0.3 is 10.2 Å². The largest absolute Gasteiger partial charge is 0.325 e. The number of hydrogen-bond donors (Lipinski definition) is 2. The molecule has 23 heavy (non-hydrogen) atoms. The van der Waals surface area contributed by atoms with Crippen molar-refractivity contribution in [1.82, 2.24) is 0 Å². The second-order valence-electron chi connectivity index (χ2n) is 6.04. The molecule has 1 aromatic carbocycles. The summed E-state index contributed by atoms with van der Waals surface area (Å²) in [4.78, 5) is 14.3. The lowest BCUT2D eigenvalue weighted by Gasteiger charge is -2.26. The van der Waals surface area contributed by atoms with Crippen LogP contribution in [-0.2, 0) is 4.79 Å². The molecule has 2 rings (SSSR count). The lowest BCUT2D eigenvalue weighted by atomic mass is 10.1. The van der Waals surface area contributed by atoms with Gasteiger partial charge in [0.25, 0.3) is 11.7 Å².